The van der Waals surface area contributed by atoms with Gasteiger partial charge in [0.2, 0.25) is 5.13 Å². The van der Waals surface area contributed by atoms with Crippen molar-refractivity contribution in [2.45, 2.75) is 6.92 Å². The Hall–Kier alpha value is -1.46. The summed E-state index contributed by atoms with van der Waals surface area (Å²) in [7, 11) is 1.68. The number of rotatable bonds is 5. The summed E-state index contributed by atoms with van der Waals surface area (Å²) in [4.78, 5) is 4.42. The summed E-state index contributed by atoms with van der Waals surface area (Å²) in [5.41, 5.74) is 2.29. The smallest absolute Gasteiger partial charge is 0.202 e. The average molecular weight is 249 g/mol. The van der Waals surface area contributed by atoms with Gasteiger partial charge < -0.3 is 10.1 Å². The molecule has 0 radical (unpaired) electrons. The molecule has 2 rings (SSSR count). The first-order chi connectivity index (χ1) is 8.29. The molecule has 1 aromatic heterocycles. The topological polar surface area (TPSA) is 47.0 Å². The van der Waals surface area contributed by atoms with Gasteiger partial charge in [0.15, 0.2) is 5.82 Å². The van der Waals surface area contributed by atoms with E-state index >= 15 is 0 Å². The van der Waals surface area contributed by atoms with E-state index in [2.05, 4.69) is 33.7 Å². The Labute approximate surface area is 105 Å². The number of nitrogens with one attached hydrogen (secondary N) is 1. The zero-order chi connectivity index (χ0) is 12.1. The van der Waals surface area contributed by atoms with Crippen molar-refractivity contribution in [1.29, 1.82) is 0 Å². The van der Waals surface area contributed by atoms with E-state index in [9.17, 15) is 0 Å². The van der Waals surface area contributed by atoms with Gasteiger partial charge in [-0.05, 0) is 6.92 Å². The Balaban J connectivity index is 2.04. The Morgan fingerprint density at radius 3 is 2.76 bits per heavy atom. The molecular formula is C12H15N3OS. The van der Waals surface area contributed by atoms with Crippen molar-refractivity contribution in [2.24, 2.45) is 0 Å². The summed E-state index contributed by atoms with van der Waals surface area (Å²) < 4.78 is 9.28. The molecule has 5 heteroatoms. The zero-order valence-corrected chi connectivity index (χ0v) is 10.8. The third kappa shape index (κ3) is 3.25. The normalized spacial score (nSPS) is 10.5. The number of hydrogen-bond acceptors (Lipinski definition) is 5. The fourth-order valence-corrected chi connectivity index (χ4v) is 1.99. The van der Waals surface area contributed by atoms with Crippen LogP contribution >= 0.6 is 11.5 Å². The minimum Gasteiger partial charge on any atom is -0.383 e. The maximum absolute atomic E-state index is 4.96. The highest BCUT2D eigenvalue weighted by atomic mass is 32.1. The monoisotopic (exact) mass is 249 g/mol. The molecule has 1 aromatic carbocycles. The van der Waals surface area contributed by atoms with Gasteiger partial charge in [-0.1, -0.05) is 29.8 Å². The van der Waals surface area contributed by atoms with Crippen LogP contribution in [-0.4, -0.2) is 29.6 Å². The van der Waals surface area contributed by atoms with Crippen LogP contribution in [0.2, 0.25) is 0 Å². The van der Waals surface area contributed by atoms with Crippen molar-refractivity contribution in [2.75, 3.05) is 25.6 Å². The largest absolute Gasteiger partial charge is 0.383 e. The highest BCUT2D eigenvalue weighted by molar-refractivity contribution is 7.09. The number of aromatic nitrogens is 2. The third-order valence-electron chi connectivity index (χ3n) is 2.32. The molecule has 1 heterocycles. The fourth-order valence-electron chi connectivity index (χ4n) is 1.38. The van der Waals surface area contributed by atoms with Gasteiger partial charge in [0.25, 0.3) is 0 Å². The van der Waals surface area contributed by atoms with Crippen molar-refractivity contribution >= 4 is 16.7 Å². The molecule has 0 aliphatic carbocycles. The van der Waals surface area contributed by atoms with E-state index in [1.807, 2.05) is 12.1 Å². The number of methoxy groups -OCH3 is 1. The summed E-state index contributed by atoms with van der Waals surface area (Å²) in [6, 6.07) is 8.20. The van der Waals surface area contributed by atoms with Crippen molar-refractivity contribution in [1.82, 2.24) is 9.36 Å². The van der Waals surface area contributed by atoms with Crippen LogP contribution in [0, 0.1) is 6.92 Å². The van der Waals surface area contributed by atoms with Crippen LogP contribution in [0.3, 0.4) is 0 Å². The number of hydrogen-bond donors (Lipinski definition) is 1. The van der Waals surface area contributed by atoms with Crippen LogP contribution in [-0.2, 0) is 4.74 Å². The molecule has 0 bridgehead atoms. The molecule has 0 fully saturated rings. The van der Waals surface area contributed by atoms with Gasteiger partial charge in [0.1, 0.15) is 0 Å². The molecule has 2 aromatic rings. The lowest BCUT2D eigenvalue weighted by molar-refractivity contribution is 0.211. The SMILES string of the molecule is COCCNc1nc(-c2ccc(C)cc2)ns1. The number of anilines is 1. The highest BCUT2D eigenvalue weighted by Crippen LogP contribution is 2.21. The lowest BCUT2D eigenvalue weighted by Gasteiger charge is -1.99. The van der Waals surface area contributed by atoms with E-state index in [-0.39, 0.29) is 0 Å². The molecule has 0 aliphatic heterocycles. The van der Waals surface area contributed by atoms with Crippen LogP contribution in [0.15, 0.2) is 24.3 Å². The summed E-state index contributed by atoms with van der Waals surface area (Å²) in [5.74, 6) is 0.773. The van der Waals surface area contributed by atoms with Crippen LogP contribution < -0.4 is 5.32 Å². The van der Waals surface area contributed by atoms with Crippen LogP contribution in [0.1, 0.15) is 5.56 Å². The number of nitrogens with zero attached hydrogens (tertiary/aromatic N) is 2. The van der Waals surface area contributed by atoms with Crippen molar-refractivity contribution in [3.63, 3.8) is 0 Å². The highest BCUT2D eigenvalue weighted by Gasteiger charge is 2.05. The van der Waals surface area contributed by atoms with Crippen molar-refractivity contribution < 1.29 is 4.74 Å². The molecule has 0 unspecified atom stereocenters. The first-order valence-corrected chi connectivity index (χ1v) is 6.20. The molecule has 0 atom stereocenters. The maximum atomic E-state index is 4.96. The molecule has 90 valence electrons. The molecule has 0 spiro atoms. The van der Waals surface area contributed by atoms with Gasteiger partial charge in [0, 0.05) is 30.8 Å². The van der Waals surface area contributed by atoms with Crippen molar-refractivity contribution in [3.8, 4) is 11.4 Å². The minimum absolute atomic E-state index is 0.666. The second kappa shape index (κ2) is 5.75. The lowest BCUT2D eigenvalue weighted by Crippen LogP contribution is -2.06. The number of ether oxygens (including phenoxy) is 1. The summed E-state index contributed by atoms with van der Waals surface area (Å²) in [5, 5.41) is 4.00. The van der Waals surface area contributed by atoms with Gasteiger partial charge in [-0.3, -0.25) is 0 Å². The Morgan fingerprint density at radius 1 is 1.29 bits per heavy atom. The quantitative estimate of drug-likeness (QED) is 0.827. The van der Waals surface area contributed by atoms with Gasteiger partial charge in [0.05, 0.1) is 6.61 Å². The second-order valence-corrected chi connectivity index (χ2v) is 4.46. The van der Waals surface area contributed by atoms with E-state index < -0.39 is 0 Å². The van der Waals surface area contributed by atoms with Crippen LogP contribution in [0.25, 0.3) is 11.4 Å². The van der Waals surface area contributed by atoms with E-state index in [1.54, 1.807) is 7.11 Å². The Morgan fingerprint density at radius 2 is 2.06 bits per heavy atom. The summed E-state index contributed by atoms with van der Waals surface area (Å²) >= 11 is 1.37. The van der Waals surface area contributed by atoms with Gasteiger partial charge >= 0.3 is 0 Å². The van der Waals surface area contributed by atoms with E-state index in [0.717, 1.165) is 23.1 Å². The molecule has 0 saturated carbocycles. The van der Waals surface area contributed by atoms with Gasteiger partial charge in [-0.25, -0.2) is 0 Å². The maximum Gasteiger partial charge on any atom is 0.202 e. The molecular weight excluding hydrogens is 234 g/mol. The standard InChI is InChI=1S/C12H15N3OS/c1-9-3-5-10(6-4-9)11-14-12(17-15-11)13-7-8-16-2/h3-6H,7-8H2,1-2H3,(H,13,14,15). The first-order valence-electron chi connectivity index (χ1n) is 5.43. The predicted molar refractivity (Wildman–Crippen MR) is 70.4 cm³/mol. The second-order valence-electron chi connectivity index (χ2n) is 3.71. The molecule has 4 nitrogen and oxygen atoms in total. The molecule has 0 aliphatic rings. The number of aryl methyl sites for hydroxylation is 1. The third-order valence-corrected chi connectivity index (χ3v) is 2.99. The lowest BCUT2D eigenvalue weighted by atomic mass is 10.1. The predicted octanol–water partition coefficient (Wildman–Crippen LogP) is 2.57. The van der Waals surface area contributed by atoms with Gasteiger partial charge in [-0.15, -0.1) is 0 Å². The first kappa shape index (κ1) is 12.0. The van der Waals surface area contributed by atoms with Crippen molar-refractivity contribution in [3.05, 3.63) is 29.8 Å². The average Bonchev–Trinajstić information content (AvgIpc) is 2.79. The van der Waals surface area contributed by atoms with Crippen LogP contribution in [0.5, 0.6) is 0 Å². The van der Waals surface area contributed by atoms with Crippen LogP contribution in [0.4, 0.5) is 5.13 Å². The van der Waals surface area contributed by atoms with E-state index in [4.69, 9.17) is 4.74 Å². The van der Waals surface area contributed by atoms with E-state index in [0.29, 0.717) is 6.61 Å². The van der Waals surface area contributed by atoms with E-state index in [1.165, 1.54) is 17.1 Å². The minimum atomic E-state index is 0.666. The Bertz CT molecular complexity index is 467. The molecule has 17 heavy (non-hydrogen) atoms. The summed E-state index contributed by atoms with van der Waals surface area (Å²) in [6.07, 6.45) is 0. The molecule has 1 N–H and O–H groups in total. The number of benzene rings is 1. The van der Waals surface area contributed by atoms with Gasteiger partial charge in [-0.2, -0.15) is 9.36 Å². The summed E-state index contributed by atoms with van der Waals surface area (Å²) in [6.45, 7) is 3.48. The fraction of sp³-hybridized carbons (Fsp3) is 0.333. The molecule has 0 saturated heterocycles. The Kier molecular flexibility index (Phi) is 4.06. The zero-order valence-electron chi connectivity index (χ0n) is 9.93. The molecule has 0 amide bonds.